The van der Waals surface area contributed by atoms with Crippen LogP contribution in [0.2, 0.25) is 0 Å². The molecule has 0 aliphatic carbocycles. The molecule has 8 N–H and O–H groups in total. The summed E-state index contributed by atoms with van der Waals surface area (Å²) in [6, 6.07) is 21.9. The standard InChI is InChI=1S/C37H30O11S/c38-20-12-26(43)31-28(13-20)47-37(19-7-9-23(40)25(42)11-19)36(45)33(31)32-29(48-37)15-30(49-16-17-4-2-1-3-5-17)21-14-27(44)34(46-35(21)32)18-6-8-22(39)24(41)10-18/h1-13,15,27,33-34,36,38-45H,14,16H2/t27-,33-,34-,36-,37+/m1/s1. The summed E-state index contributed by atoms with van der Waals surface area (Å²) in [6.07, 6.45) is -3.56. The van der Waals surface area contributed by atoms with E-state index >= 15 is 0 Å². The maximum Gasteiger partial charge on any atom is 0.305 e. The molecule has 49 heavy (non-hydrogen) atoms. The van der Waals surface area contributed by atoms with Crippen molar-refractivity contribution in [1.82, 2.24) is 0 Å². The molecule has 0 amide bonds. The van der Waals surface area contributed by atoms with Gasteiger partial charge in [-0.2, -0.15) is 0 Å². The highest BCUT2D eigenvalue weighted by Crippen LogP contribution is 2.62. The van der Waals surface area contributed by atoms with Gasteiger partial charge in [-0.25, -0.2) is 0 Å². The van der Waals surface area contributed by atoms with Crippen LogP contribution in [0.4, 0.5) is 0 Å². The zero-order chi connectivity index (χ0) is 34.2. The molecule has 3 heterocycles. The van der Waals surface area contributed by atoms with Crippen LogP contribution in [0.15, 0.2) is 89.8 Å². The van der Waals surface area contributed by atoms with Crippen LogP contribution in [0.5, 0.6) is 51.7 Å². The van der Waals surface area contributed by atoms with Crippen LogP contribution in [0.25, 0.3) is 0 Å². The maximum atomic E-state index is 12.2. The van der Waals surface area contributed by atoms with Gasteiger partial charge in [0.25, 0.3) is 0 Å². The minimum absolute atomic E-state index is 0.00172. The summed E-state index contributed by atoms with van der Waals surface area (Å²) in [5, 5.41) is 86.1. The zero-order valence-electron chi connectivity index (χ0n) is 25.5. The van der Waals surface area contributed by atoms with Crippen molar-refractivity contribution >= 4 is 11.8 Å². The van der Waals surface area contributed by atoms with Gasteiger partial charge in [-0.05, 0) is 47.5 Å². The summed E-state index contributed by atoms with van der Waals surface area (Å²) in [5.74, 6) is -4.34. The molecule has 5 aromatic carbocycles. The second-order valence-electron chi connectivity index (χ2n) is 12.3. The van der Waals surface area contributed by atoms with Crippen molar-refractivity contribution < 1.29 is 55.1 Å². The number of phenols is 6. The molecule has 2 bridgehead atoms. The minimum Gasteiger partial charge on any atom is -0.508 e. The van der Waals surface area contributed by atoms with Crippen LogP contribution in [0.3, 0.4) is 0 Å². The van der Waals surface area contributed by atoms with Crippen molar-refractivity contribution in [3.63, 3.8) is 0 Å². The first-order chi connectivity index (χ1) is 23.5. The fraction of sp³-hybridized carbons (Fsp3) is 0.189. The molecule has 8 rings (SSSR count). The molecule has 5 aromatic rings. The summed E-state index contributed by atoms with van der Waals surface area (Å²) >= 11 is 1.48. The van der Waals surface area contributed by atoms with Crippen molar-refractivity contribution in [1.29, 1.82) is 0 Å². The first kappa shape index (κ1) is 30.9. The SMILES string of the molecule is Oc1cc(O)c2c(c1)O[C@@]1(c3ccc(O)c(O)c3)Oc3cc(SCc4ccccc4)c4c(c3[C@@H]2[C@H]1O)O[C@H](c1ccc(O)c(O)c1)[C@H](O)C4. The van der Waals surface area contributed by atoms with E-state index in [1.54, 1.807) is 6.07 Å². The fourth-order valence-electron chi connectivity index (χ4n) is 6.94. The third-order valence-electron chi connectivity index (χ3n) is 9.25. The van der Waals surface area contributed by atoms with Crippen molar-refractivity contribution in [2.75, 3.05) is 0 Å². The lowest BCUT2D eigenvalue weighted by molar-refractivity contribution is -0.219. The molecule has 12 heteroatoms. The maximum absolute atomic E-state index is 12.2. The molecule has 5 atom stereocenters. The average Bonchev–Trinajstić information content (AvgIpc) is 3.07. The van der Waals surface area contributed by atoms with Crippen molar-refractivity contribution in [3.8, 4) is 51.7 Å². The van der Waals surface area contributed by atoms with Crippen molar-refractivity contribution in [2.24, 2.45) is 0 Å². The smallest absolute Gasteiger partial charge is 0.305 e. The van der Waals surface area contributed by atoms with E-state index in [2.05, 4.69) is 0 Å². The Morgan fingerprint density at radius 2 is 1.39 bits per heavy atom. The monoisotopic (exact) mass is 682 g/mol. The molecular formula is C37H30O11S. The number of benzene rings is 5. The van der Waals surface area contributed by atoms with Crippen LogP contribution in [-0.4, -0.2) is 53.1 Å². The Morgan fingerprint density at radius 1 is 0.694 bits per heavy atom. The summed E-state index contributed by atoms with van der Waals surface area (Å²) < 4.78 is 19.6. The Bertz CT molecular complexity index is 2120. The predicted molar refractivity (Wildman–Crippen MR) is 176 cm³/mol. The van der Waals surface area contributed by atoms with Gasteiger partial charge in [0.15, 0.2) is 23.0 Å². The normalized spacial score (nSPS) is 23.2. The molecule has 0 unspecified atom stereocenters. The Labute approximate surface area is 283 Å². The molecule has 0 aromatic heterocycles. The average molecular weight is 683 g/mol. The number of aliphatic hydroxyl groups is 2. The molecule has 0 spiro atoms. The largest absolute Gasteiger partial charge is 0.508 e. The summed E-state index contributed by atoms with van der Waals surface area (Å²) in [5.41, 5.74) is 2.69. The van der Waals surface area contributed by atoms with E-state index in [0.717, 1.165) is 11.6 Å². The van der Waals surface area contributed by atoms with Crippen LogP contribution in [0.1, 0.15) is 45.4 Å². The van der Waals surface area contributed by atoms with E-state index in [0.29, 0.717) is 27.3 Å². The number of hydrogen-bond acceptors (Lipinski definition) is 12. The Balaban J connectivity index is 1.36. The van der Waals surface area contributed by atoms with E-state index in [1.807, 2.05) is 30.3 Å². The van der Waals surface area contributed by atoms with E-state index in [4.69, 9.17) is 14.2 Å². The van der Waals surface area contributed by atoms with Gasteiger partial charge in [-0.15, -0.1) is 11.8 Å². The van der Waals surface area contributed by atoms with Crippen molar-refractivity contribution in [3.05, 3.63) is 118 Å². The van der Waals surface area contributed by atoms with E-state index < -0.39 is 47.3 Å². The summed E-state index contributed by atoms with van der Waals surface area (Å²) in [6.45, 7) is 0. The van der Waals surface area contributed by atoms with E-state index in [1.165, 1.54) is 54.2 Å². The van der Waals surface area contributed by atoms with Gasteiger partial charge in [-0.1, -0.05) is 36.4 Å². The highest BCUT2D eigenvalue weighted by molar-refractivity contribution is 7.98. The first-order valence-electron chi connectivity index (χ1n) is 15.4. The number of phenolic OH excluding ortho intramolecular Hbond substituents is 6. The second-order valence-corrected chi connectivity index (χ2v) is 13.3. The van der Waals surface area contributed by atoms with E-state index in [-0.39, 0.29) is 52.0 Å². The number of aliphatic hydroxyl groups excluding tert-OH is 2. The molecule has 0 radical (unpaired) electrons. The van der Waals surface area contributed by atoms with Crippen molar-refractivity contribution in [2.45, 2.75) is 47.1 Å². The summed E-state index contributed by atoms with van der Waals surface area (Å²) in [7, 11) is 0. The molecule has 0 saturated carbocycles. The molecule has 3 aliphatic rings. The minimum atomic E-state index is -2.03. The van der Waals surface area contributed by atoms with Gasteiger partial charge < -0.3 is 55.1 Å². The number of thioether (sulfide) groups is 1. The zero-order valence-corrected chi connectivity index (χ0v) is 26.3. The number of hydrogen-bond donors (Lipinski definition) is 8. The summed E-state index contributed by atoms with van der Waals surface area (Å²) in [4.78, 5) is 0.706. The lowest BCUT2D eigenvalue weighted by atomic mass is 9.74. The quantitative estimate of drug-likeness (QED) is 0.0874. The topological polar surface area (TPSA) is 190 Å². The van der Waals surface area contributed by atoms with Crippen LogP contribution in [0, 0.1) is 0 Å². The highest BCUT2D eigenvalue weighted by atomic mass is 32.2. The van der Waals surface area contributed by atoms with E-state index in [9.17, 15) is 40.9 Å². The van der Waals surface area contributed by atoms with Crippen LogP contribution >= 0.6 is 11.8 Å². The third-order valence-corrected chi connectivity index (χ3v) is 10.4. The molecular weight excluding hydrogens is 652 g/mol. The van der Waals surface area contributed by atoms with Crippen LogP contribution in [-0.2, 0) is 18.0 Å². The molecule has 0 saturated heterocycles. The molecule has 3 aliphatic heterocycles. The van der Waals surface area contributed by atoms with Gasteiger partial charge in [0, 0.05) is 51.5 Å². The van der Waals surface area contributed by atoms with Crippen LogP contribution < -0.4 is 14.2 Å². The Morgan fingerprint density at radius 3 is 2.10 bits per heavy atom. The number of aromatic hydroxyl groups is 6. The second kappa shape index (κ2) is 11.3. The highest BCUT2D eigenvalue weighted by Gasteiger charge is 2.60. The Kier molecular flexibility index (Phi) is 7.14. The number of rotatable bonds is 5. The fourth-order valence-corrected chi connectivity index (χ4v) is 8.00. The van der Waals surface area contributed by atoms with Gasteiger partial charge in [0.1, 0.15) is 41.0 Å². The Hall–Kier alpha value is -5.43. The van der Waals surface area contributed by atoms with Gasteiger partial charge in [-0.3, -0.25) is 0 Å². The lowest BCUT2D eigenvalue weighted by Crippen LogP contribution is -2.57. The van der Waals surface area contributed by atoms with Gasteiger partial charge in [0.2, 0.25) is 0 Å². The lowest BCUT2D eigenvalue weighted by Gasteiger charge is -2.50. The molecule has 11 nitrogen and oxygen atoms in total. The number of fused-ring (bicyclic) bond motifs is 8. The molecule has 0 fully saturated rings. The van der Waals surface area contributed by atoms with Gasteiger partial charge in [0.05, 0.1) is 12.0 Å². The molecule has 250 valence electrons. The van der Waals surface area contributed by atoms with Gasteiger partial charge >= 0.3 is 5.79 Å². The predicted octanol–water partition coefficient (Wildman–Crippen LogP) is 5.38. The number of ether oxygens (including phenoxy) is 3. The third kappa shape index (κ3) is 4.90. The first-order valence-corrected chi connectivity index (χ1v) is 16.4.